The molecule has 0 atom stereocenters. The lowest BCUT2D eigenvalue weighted by Gasteiger charge is -2.08. The Balaban J connectivity index is 2.43. The zero-order valence-electron chi connectivity index (χ0n) is 9.98. The van der Waals surface area contributed by atoms with Crippen molar-refractivity contribution >= 4 is 57.8 Å². The van der Waals surface area contributed by atoms with Crippen LogP contribution in [0, 0.1) is 3.57 Å². The third-order valence-corrected chi connectivity index (χ3v) is 3.02. The maximum Gasteiger partial charge on any atom is 0.329 e. The van der Waals surface area contributed by atoms with Crippen LogP contribution in [0.5, 0.6) is 0 Å². The second-order valence-corrected chi connectivity index (χ2v) is 5.11. The average molecular weight is 413 g/mol. The van der Waals surface area contributed by atoms with E-state index in [2.05, 4.69) is 10.1 Å². The molecule has 0 saturated heterocycles. The van der Waals surface area contributed by atoms with E-state index in [4.69, 9.17) is 16.7 Å². The van der Waals surface area contributed by atoms with Gasteiger partial charge in [-0.3, -0.25) is 10.1 Å². The number of hydrogen-bond donors (Lipinski definition) is 3. The molecule has 3 N–H and O–H groups in total. The number of hydrogen-bond acceptors (Lipinski definition) is 4. The molecule has 108 valence electrons. The number of carboxylic acid groups (broad SMARTS) is 1. The third-order valence-electron chi connectivity index (χ3n) is 1.89. The van der Waals surface area contributed by atoms with Gasteiger partial charge in [0.25, 0.3) is 5.91 Å². The molecule has 1 aromatic carbocycles. The van der Waals surface area contributed by atoms with E-state index in [0.29, 0.717) is 14.3 Å². The van der Waals surface area contributed by atoms with Crippen molar-refractivity contribution in [1.29, 1.82) is 0 Å². The summed E-state index contributed by atoms with van der Waals surface area (Å²) in [6.45, 7) is -1.12. The van der Waals surface area contributed by atoms with Crippen LogP contribution in [0.4, 0.5) is 10.5 Å². The number of imide groups is 1. The molecule has 0 radical (unpaired) electrons. The molecule has 20 heavy (non-hydrogen) atoms. The number of rotatable bonds is 5. The summed E-state index contributed by atoms with van der Waals surface area (Å²) in [5.41, 5.74) is 0.492. The molecule has 0 fully saturated rings. The van der Waals surface area contributed by atoms with Crippen molar-refractivity contribution in [3.63, 3.8) is 0 Å². The van der Waals surface area contributed by atoms with Gasteiger partial charge in [0.2, 0.25) is 0 Å². The van der Waals surface area contributed by atoms with Crippen LogP contribution in [0.15, 0.2) is 18.2 Å². The van der Waals surface area contributed by atoms with Crippen LogP contribution in [0.2, 0.25) is 5.02 Å². The number of carbonyl (C=O) groups excluding carboxylic acids is 2. The van der Waals surface area contributed by atoms with Crippen molar-refractivity contribution in [3.05, 3.63) is 26.8 Å². The van der Waals surface area contributed by atoms with E-state index in [1.165, 1.54) is 0 Å². The van der Waals surface area contributed by atoms with Gasteiger partial charge >= 0.3 is 12.0 Å². The van der Waals surface area contributed by atoms with Gasteiger partial charge in [-0.25, -0.2) is 9.59 Å². The number of carboxylic acids is 1. The van der Waals surface area contributed by atoms with Crippen LogP contribution in [0.1, 0.15) is 0 Å². The number of ether oxygens (including phenoxy) is 1. The lowest BCUT2D eigenvalue weighted by Crippen LogP contribution is -2.37. The summed E-state index contributed by atoms with van der Waals surface area (Å²) < 4.78 is 5.25. The highest BCUT2D eigenvalue weighted by atomic mass is 127. The lowest BCUT2D eigenvalue weighted by molar-refractivity contribution is -0.143. The number of benzene rings is 1. The summed E-state index contributed by atoms with van der Waals surface area (Å²) in [6, 6.07) is 4.09. The van der Waals surface area contributed by atoms with Crippen LogP contribution in [0.3, 0.4) is 0 Å². The van der Waals surface area contributed by atoms with E-state index in [0.717, 1.165) is 0 Å². The minimum Gasteiger partial charge on any atom is -0.480 e. The SMILES string of the molecule is O=C(O)COCC(=O)NC(=O)Nc1ccc(Cl)cc1I. The summed E-state index contributed by atoms with van der Waals surface area (Å²) in [6.07, 6.45) is 0. The normalized spacial score (nSPS) is 9.90. The topological polar surface area (TPSA) is 105 Å². The van der Waals surface area contributed by atoms with Gasteiger partial charge in [-0.05, 0) is 40.8 Å². The first-order valence-corrected chi connectivity index (χ1v) is 6.69. The van der Waals surface area contributed by atoms with Gasteiger partial charge in [0, 0.05) is 8.59 Å². The first-order chi connectivity index (χ1) is 9.38. The highest BCUT2D eigenvalue weighted by Crippen LogP contribution is 2.21. The van der Waals surface area contributed by atoms with Crippen LogP contribution >= 0.6 is 34.2 Å². The summed E-state index contributed by atoms with van der Waals surface area (Å²) in [7, 11) is 0. The molecule has 9 heteroatoms. The van der Waals surface area contributed by atoms with Gasteiger partial charge in [-0.2, -0.15) is 0 Å². The second-order valence-electron chi connectivity index (χ2n) is 3.51. The molecule has 0 aliphatic heterocycles. The zero-order chi connectivity index (χ0) is 15.1. The van der Waals surface area contributed by atoms with Crippen molar-refractivity contribution in [2.24, 2.45) is 0 Å². The maximum atomic E-state index is 11.5. The molecule has 0 spiro atoms. The van der Waals surface area contributed by atoms with Gasteiger partial charge in [0.1, 0.15) is 13.2 Å². The summed E-state index contributed by atoms with van der Waals surface area (Å²) in [5, 5.41) is 13.3. The fraction of sp³-hybridized carbons (Fsp3) is 0.182. The molecule has 0 heterocycles. The summed E-state index contributed by atoms with van der Waals surface area (Å²) >= 11 is 7.75. The monoisotopic (exact) mass is 412 g/mol. The van der Waals surface area contributed by atoms with Gasteiger partial charge < -0.3 is 15.2 Å². The molecule has 0 aromatic heterocycles. The number of carbonyl (C=O) groups is 3. The maximum absolute atomic E-state index is 11.5. The average Bonchev–Trinajstić information content (AvgIpc) is 2.32. The van der Waals surface area contributed by atoms with Crippen molar-refractivity contribution in [1.82, 2.24) is 5.32 Å². The third kappa shape index (κ3) is 6.17. The number of amides is 3. The van der Waals surface area contributed by atoms with Crippen molar-refractivity contribution in [3.8, 4) is 0 Å². The van der Waals surface area contributed by atoms with E-state index >= 15 is 0 Å². The number of nitrogens with one attached hydrogen (secondary N) is 2. The summed E-state index contributed by atoms with van der Waals surface area (Å²) in [4.78, 5) is 32.9. The molecule has 3 amide bonds. The Morgan fingerprint density at radius 2 is 2.00 bits per heavy atom. The van der Waals surface area contributed by atoms with Crippen LogP contribution < -0.4 is 10.6 Å². The Morgan fingerprint density at radius 1 is 1.30 bits per heavy atom. The van der Waals surface area contributed by atoms with E-state index in [1.54, 1.807) is 18.2 Å². The molecule has 0 aliphatic rings. The molecule has 1 rings (SSSR count). The first kappa shape index (κ1) is 16.7. The Bertz CT molecular complexity index is 538. The van der Waals surface area contributed by atoms with Crippen LogP contribution in [-0.4, -0.2) is 36.2 Å². The smallest absolute Gasteiger partial charge is 0.329 e. The van der Waals surface area contributed by atoms with Gasteiger partial charge in [0.05, 0.1) is 5.69 Å². The minimum absolute atomic E-state index is 0.492. The van der Waals surface area contributed by atoms with Gasteiger partial charge in [-0.1, -0.05) is 11.6 Å². The zero-order valence-corrected chi connectivity index (χ0v) is 12.9. The predicted octanol–water partition coefficient (Wildman–Crippen LogP) is 1.69. The summed E-state index contributed by atoms with van der Waals surface area (Å²) in [5.74, 6) is -1.94. The molecule has 1 aromatic rings. The number of halogens is 2. The number of aliphatic carboxylic acids is 1. The molecular weight excluding hydrogens is 402 g/mol. The first-order valence-electron chi connectivity index (χ1n) is 5.24. The predicted molar refractivity (Wildman–Crippen MR) is 79.8 cm³/mol. The Morgan fingerprint density at radius 3 is 2.60 bits per heavy atom. The number of anilines is 1. The molecule has 7 nitrogen and oxygen atoms in total. The molecule has 0 unspecified atom stereocenters. The van der Waals surface area contributed by atoms with Crippen molar-refractivity contribution in [2.45, 2.75) is 0 Å². The van der Waals surface area contributed by atoms with Crippen LogP contribution in [-0.2, 0) is 14.3 Å². The molecule has 0 aliphatic carbocycles. The largest absolute Gasteiger partial charge is 0.480 e. The van der Waals surface area contributed by atoms with E-state index in [9.17, 15) is 14.4 Å². The standard InChI is InChI=1S/C11H10ClIN2O5/c12-6-1-2-8(7(13)3-6)14-11(19)15-9(16)4-20-5-10(17)18/h1-3H,4-5H2,(H,17,18)(H2,14,15,16,19). The Hall–Kier alpha value is -1.39. The fourth-order valence-corrected chi connectivity index (χ4v) is 2.14. The van der Waals surface area contributed by atoms with Gasteiger partial charge in [-0.15, -0.1) is 0 Å². The highest BCUT2D eigenvalue weighted by Gasteiger charge is 2.10. The number of urea groups is 1. The minimum atomic E-state index is -1.20. The Labute approximate surface area is 132 Å². The van der Waals surface area contributed by atoms with Gasteiger partial charge in [0.15, 0.2) is 0 Å². The fourth-order valence-electron chi connectivity index (χ4n) is 1.14. The molecule has 0 saturated carbocycles. The Kier molecular flexibility index (Phi) is 6.68. The van der Waals surface area contributed by atoms with E-state index in [1.807, 2.05) is 27.9 Å². The van der Waals surface area contributed by atoms with Crippen molar-refractivity contribution < 1.29 is 24.2 Å². The van der Waals surface area contributed by atoms with E-state index < -0.39 is 31.1 Å². The second kappa shape index (κ2) is 8.02. The van der Waals surface area contributed by atoms with E-state index in [-0.39, 0.29) is 0 Å². The van der Waals surface area contributed by atoms with Crippen molar-refractivity contribution in [2.75, 3.05) is 18.5 Å². The quantitative estimate of drug-likeness (QED) is 0.639. The molecular formula is C11H10ClIN2O5. The van der Waals surface area contributed by atoms with Crippen LogP contribution in [0.25, 0.3) is 0 Å². The highest BCUT2D eigenvalue weighted by molar-refractivity contribution is 14.1. The lowest BCUT2D eigenvalue weighted by atomic mass is 10.3. The molecule has 0 bridgehead atoms.